The molecule has 374 valence electrons. The quantitative estimate of drug-likeness (QED) is 0.0956. The smallest absolute Gasteiger partial charge is 0.426 e. The number of hydrogen-bond donors (Lipinski definition) is 1. The van der Waals surface area contributed by atoms with Gasteiger partial charge in [0.2, 0.25) is 11.7 Å². The summed E-state index contributed by atoms with van der Waals surface area (Å²) in [4.78, 5) is -2.82. The summed E-state index contributed by atoms with van der Waals surface area (Å²) in [6, 6.07) is -11.2. The Hall–Kier alpha value is -4.17. The zero-order valence-corrected chi connectivity index (χ0v) is 28.4. The van der Waals surface area contributed by atoms with Crippen LogP contribution in [0, 0.1) is 0 Å². The van der Waals surface area contributed by atoms with Gasteiger partial charge in [-0.25, -0.2) is 0 Å². The number of rotatable bonds is 17. The second-order valence-corrected chi connectivity index (χ2v) is 12.7. The molecule has 0 aromatic heterocycles. The Labute approximate surface area is 324 Å². The van der Waals surface area contributed by atoms with Gasteiger partial charge in [0.15, 0.2) is 11.5 Å². The lowest BCUT2D eigenvalue weighted by molar-refractivity contribution is -0.451. The molecule has 0 aliphatic carbocycles. The molecule has 0 bridgehead atoms. The molecule has 0 radical (unpaired) electrons. The molecule has 5 nitrogen and oxygen atoms in total. The van der Waals surface area contributed by atoms with E-state index in [0.29, 0.717) is 0 Å². The highest BCUT2D eigenvalue weighted by Crippen LogP contribution is 2.65. The highest BCUT2D eigenvalue weighted by Gasteiger charge is 2.95. The minimum Gasteiger partial charge on any atom is -0.426 e. The van der Waals surface area contributed by atoms with E-state index in [1.807, 2.05) is 0 Å². The van der Waals surface area contributed by atoms with E-state index in [-0.39, 0.29) is 6.07 Å². The molecule has 1 aromatic carbocycles. The van der Waals surface area contributed by atoms with Gasteiger partial charge in [0.05, 0.1) is 0 Å². The first-order valence-electron chi connectivity index (χ1n) is 13.7. The first kappa shape index (κ1) is 57.8. The van der Waals surface area contributed by atoms with Crippen molar-refractivity contribution < 1.29 is 172 Å². The van der Waals surface area contributed by atoms with Crippen LogP contribution >= 0.6 is 0 Å². The van der Waals surface area contributed by atoms with E-state index in [1.54, 1.807) is 0 Å². The third kappa shape index (κ3) is 8.10. The first-order chi connectivity index (χ1) is 27.5. The van der Waals surface area contributed by atoms with Gasteiger partial charge in [-0.1, -0.05) is 6.07 Å². The fourth-order valence-corrected chi connectivity index (χ4v) is 4.24. The van der Waals surface area contributed by atoms with Crippen molar-refractivity contribution in [1.29, 1.82) is 0 Å². The monoisotopic (exact) mass is 1050 g/mol. The van der Waals surface area contributed by atoms with Crippen LogP contribution in [0.5, 0.6) is 11.5 Å². The molecular formula is C24H4F34O5S. The summed E-state index contributed by atoms with van der Waals surface area (Å²) in [5.74, 6) is -124. The lowest BCUT2D eigenvalue weighted by atomic mass is 9.90. The van der Waals surface area contributed by atoms with Gasteiger partial charge < -0.3 is 9.47 Å². The van der Waals surface area contributed by atoms with Gasteiger partial charge in [0, 0.05) is 0 Å². The van der Waals surface area contributed by atoms with Crippen LogP contribution in [0.4, 0.5) is 149 Å². The lowest BCUT2D eigenvalue weighted by Crippen LogP contribution is -2.72. The number of halogens is 34. The predicted octanol–water partition coefficient (Wildman–Crippen LogP) is 12.7. The molecule has 1 N–H and O–H groups in total. The van der Waals surface area contributed by atoms with E-state index in [4.69, 9.17) is 4.55 Å². The summed E-state index contributed by atoms with van der Waals surface area (Å²) in [6.45, 7) is 0. The molecule has 0 aliphatic heterocycles. The molecule has 0 fully saturated rings. The Bertz CT molecular complexity index is 2090. The molecule has 0 spiro atoms. The SMILES string of the molecule is O=S(=O)(O)c1cccc(OC(F)=C(F)C(F)(F)C(F)(F)C(F)(F)C(F)(F)C(F)(F)C(F)(F)C(F)(F)F)c1OC(F)=C(F)C(F)(F)C(F)(F)C(F)(F)C(F)(F)C(F)(F)C(F)(F)C(F)(F)F. The molecule has 0 heterocycles. The van der Waals surface area contributed by atoms with Crippen LogP contribution in [0.15, 0.2) is 46.8 Å². The third-order valence-corrected chi connectivity index (χ3v) is 8.04. The Morgan fingerprint density at radius 2 is 0.641 bits per heavy atom. The molecule has 0 unspecified atom stereocenters. The topological polar surface area (TPSA) is 72.8 Å². The largest absolute Gasteiger partial charge is 0.460 e. The van der Waals surface area contributed by atoms with Gasteiger partial charge in [0.25, 0.3) is 10.1 Å². The van der Waals surface area contributed by atoms with E-state index < -0.39 is 146 Å². The summed E-state index contributed by atoms with van der Waals surface area (Å²) < 4.78 is 496. The van der Waals surface area contributed by atoms with E-state index in [9.17, 15) is 158 Å². The fourth-order valence-electron chi connectivity index (χ4n) is 3.61. The van der Waals surface area contributed by atoms with Crippen molar-refractivity contribution in [2.24, 2.45) is 0 Å². The number of ether oxygens (including phenoxy) is 2. The fraction of sp³-hybridized carbons (Fsp3) is 0.583. The van der Waals surface area contributed by atoms with Gasteiger partial charge in [-0.15, -0.1) is 0 Å². The van der Waals surface area contributed by atoms with Gasteiger partial charge in [0.1, 0.15) is 4.90 Å². The molecule has 40 heteroatoms. The van der Waals surface area contributed by atoms with Gasteiger partial charge >= 0.3 is 95.4 Å². The molecule has 1 rings (SSSR count). The average molecular weight is 1050 g/mol. The second-order valence-electron chi connectivity index (χ2n) is 11.3. The van der Waals surface area contributed by atoms with Crippen molar-refractivity contribution in [2.45, 2.75) is 88.3 Å². The Morgan fingerprint density at radius 1 is 0.391 bits per heavy atom. The van der Waals surface area contributed by atoms with Crippen molar-refractivity contribution in [3.63, 3.8) is 0 Å². The summed E-state index contributed by atoms with van der Waals surface area (Å²) in [6.07, 6.45) is -16.3. The average Bonchev–Trinajstić information content (AvgIpc) is 3.08. The normalized spacial score (nSPS) is 16.7. The van der Waals surface area contributed by atoms with Crippen LogP contribution in [0.3, 0.4) is 0 Å². The molecule has 0 saturated heterocycles. The summed E-state index contributed by atoms with van der Waals surface area (Å²) in [7, 11) is -6.67. The first-order valence-corrected chi connectivity index (χ1v) is 15.1. The standard InChI is InChI=1S/C24H4F34O5S/c25-7(11(29,30)13(33,34)15(37,38)17(41,42)19(45,46)21(49,50)23(53,54)55)9(27)62-4-2-1-3-5(64(59,60)61)6(4)63-10(28)8(26)12(31,32)14(35,36)16(39,40)18(43,44)20(47,48)22(51,52)24(56,57)58/h1-3H,(H,59,60,61). The molecule has 64 heavy (non-hydrogen) atoms. The third-order valence-electron chi connectivity index (χ3n) is 7.16. The van der Waals surface area contributed by atoms with Crippen molar-refractivity contribution in [1.82, 2.24) is 0 Å². The van der Waals surface area contributed by atoms with E-state index >= 15 is 0 Å². The highest BCUT2D eigenvalue weighted by atomic mass is 32.2. The molecule has 0 atom stereocenters. The molecule has 0 saturated carbocycles. The van der Waals surface area contributed by atoms with Crippen molar-refractivity contribution in [3.8, 4) is 11.5 Å². The lowest BCUT2D eigenvalue weighted by Gasteiger charge is -2.41. The summed E-state index contributed by atoms with van der Waals surface area (Å²) in [5, 5.41) is 0. The maximum Gasteiger partial charge on any atom is 0.460 e. The zero-order chi connectivity index (χ0) is 52.1. The number of benzene rings is 1. The van der Waals surface area contributed by atoms with Crippen LogP contribution in [0.1, 0.15) is 0 Å². The van der Waals surface area contributed by atoms with Gasteiger partial charge in [-0.05, 0) is 12.1 Å². The molecule has 1 aromatic rings. The van der Waals surface area contributed by atoms with Crippen molar-refractivity contribution in [3.05, 3.63) is 41.9 Å². The van der Waals surface area contributed by atoms with Crippen LogP contribution in [-0.2, 0) is 10.1 Å². The minimum atomic E-state index is -9.23. The summed E-state index contributed by atoms with van der Waals surface area (Å²) >= 11 is 0. The van der Waals surface area contributed by atoms with Gasteiger partial charge in [-0.3, -0.25) is 4.55 Å². The number of allylic oxidation sites excluding steroid dienone is 2. The van der Waals surface area contributed by atoms with Crippen molar-refractivity contribution in [2.75, 3.05) is 0 Å². The van der Waals surface area contributed by atoms with Crippen LogP contribution in [0.2, 0.25) is 0 Å². The van der Waals surface area contributed by atoms with Crippen LogP contribution in [-0.4, -0.2) is 96.4 Å². The van der Waals surface area contributed by atoms with E-state index in [1.165, 1.54) is 0 Å². The number of alkyl halides is 30. The predicted molar refractivity (Wildman–Crippen MR) is 127 cm³/mol. The van der Waals surface area contributed by atoms with Gasteiger partial charge in [-0.2, -0.15) is 158 Å². The summed E-state index contributed by atoms with van der Waals surface area (Å²) in [5.41, 5.74) is 0. The van der Waals surface area contributed by atoms with Crippen molar-refractivity contribution >= 4 is 10.1 Å². The van der Waals surface area contributed by atoms with Crippen LogP contribution < -0.4 is 9.47 Å². The maximum absolute atomic E-state index is 14.4. The molecular weight excluding hydrogens is 1050 g/mol. The Kier molecular flexibility index (Phi) is 14.2. The molecule has 0 amide bonds. The Morgan fingerprint density at radius 3 is 0.906 bits per heavy atom. The maximum atomic E-state index is 14.4. The van der Waals surface area contributed by atoms with Crippen LogP contribution in [0.25, 0.3) is 0 Å². The zero-order valence-electron chi connectivity index (χ0n) is 27.6. The highest BCUT2D eigenvalue weighted by molar-refractivity contribution is 7.86. The number of para-hydroxylation sites is 1. The molecule has 0 aliphatic rings. The minimum absolute atomic E-state index is 0.374. The second kappa shape index (κ2) is 15.7. The van der Waals surface area contributed by atoms with E-state index in [2.05, 4.69) is 9.47 Å². The van der Waals surface area contributed by atoms with E-state index in [0.717, 1.165) is 0 Å². The Balaban J connectivity index is 4.10. The number of hydrogen-bond acceptors (Lipinski definition) is 4.